The molecule has 0 bridgehead atoms. The molecule has 2 rings (SSSR count). The van der Waals surface area contributed by atoms with Gasteiger partial charge in [0, 0.05) is 10.5 Å². The Morgan fingerprint density at radius 2 is 1.19 bits per heavy atom. The van der Waals surface area contributed by atoms with Crippen LogP contribution in [0.15, 0.2) is 59.5 Å². The van der Waals surface area contributed by atoms with Gasteiger partial charge in [0.05, 0.1) is 0 Å². The highest BCUT2D eigenvalue weighted by Gasteiger charge is 2.08. The van der Waals surface area contributed by atoms with E-state index < -0.39 is 0 Å². The lowest BCUT2D eigenvalue weighted by Gasteiger charge is -2.06. The number of ketones is 1. The molecule has 0 aliphatic carbocycles. The van der Waals surface area contributed by atoms with Crippen molar-refractivity contribution >= 4 is 23.6 Å². The molecule has 204 valence electrons. The van der Waals surface area contributed by atoms with E-state index in [0.717, 1.165) is 24.0 Å². The molecule has 0 fully saturated rings. The molecule has 0 aliphatic rings. The fourth-order valence-corrected chi connectivity index (χ4v) is 5.70. The van der Waals surface area contributed by atoms with Gasteiger partial charge in [-0.1, -0.05) is 146 Å². The zero-order valence-electron chi connectivity index (χ0n) is 23.8. The number of carbonyl (C=O) groups is 1. The summed E-state index contributed by atoms with van der Waals surface area (Å²) in [5.41, 5.74) is 3.10. The first kappa shape index (κ1) is 31.4. The van der Waals surface area contributed by atoms with Crippen LogP contribution >= 0.6 is 11.8 Å². The van der Waals surface area contributed by atoms with Gasteiger partial charge >= 0.3 is 0 Å². The lowest BCUT2D eigenvalue weighted by molar-refractivity contribution is 0.104. The van der Waals surface area contributed by atoms with E-state index in [-0.39, 0.29) is 5.78 Å². The van der Waals surface area contributed by atoms with Crippen LogP contribution in [0.1, 0.15) is 138 Å². The molecule has 2 aromatic rings. The highest BCUT2D eigenvalue weighted by Crippen LogP contribution is 2.22. The zero-order chi connectivity index (χ0) is 26.4. The van der Waals surface area contributed by atoms with Crippen molar-refractivity contribution in [1.29, 1.82) is 0 Å². The van der Waals surface area contributed by atoms with Crippen LogP contribution in [-0.4, -0.2) is 11.5 Å². The van der Waals surface area contributed by atoms with Crippen molar-refractivity contribution in [1.82, 2.24) is 0 Å². The third-order valence-electron chi connectivity index (χ3n) is 7.16. The molecule has 2 aromatic carbocycles. The number of hydrogen-bond donors (Lipinski definition) is 0. The molecular weight excluding hydrogens is 468 g/mol. The second kappa shape index (κ2) is 21.2. The number of hydrogen-bond acceptors (Lipinski definition) is 2. The van der Waals surface area contributed by atoms with E-state index >= 15 is 0 Å². The van der Waals surface area contributed by atoms with Crippen LogP contribution in [0.4, 0.5) is 0 Å². The van der Waals surface area contributed by atoms with Gasteiger partial charge in [0.15, 0.2) is 5.78 Å². The molecule has 0 saturated heterocycles. The Morgan fingerprint density at radius 3 is 1.81 bits per heavy atom. The minimum atomic E-state index is 0.105. The first-order valence-corrected chi connectivity index (χ1v) is 16.3. The standard InChI is InChI=1S/C35H52OS/c1-3-5-7-8-9-10-11-12-13-14-15-16-20-30-37-33-27-24-31(25-28-33)26-29-35(36)34-23-19-18-22-32(34)21-17-6-4-2/h18-19,22-29H,3-17,20-21,30H2,1-2H3. The molecule has 0 aliphatic heterocycles. The average molecular weight is 521 g/mol. The summed E-state index contributed by atoms with van der Waals surface area (Å²) >= 11 is 1.95. The molecule has 0 N–H and O–H groups in total. The fraction of sp³-hybridized carbons (Fsp3) is 0.571. The Bertz CT molecular complexity index is 867. The minimum Gasteiger partial charge on any atom is -0.289 e. The summed E-state index contributed by atoms with van der Waals surface area (Å²) in [6, 6.07) is 16.7. The average Bonchev–Trinajstić information content (AvgIpc) is 2.93. The maximum absolute atomic E-state index is 12.8. The summed E-state index contributed by atoms with van der Waals surface area (Å²) in [6.45, 7) is 4.50. The molecule has 0 unspecified atom stereocenters. The molecule has 0 aromatic heterocycles. The zero-order valence-corrected chi connectivity index (χ0v) is 24.6. The molecule has 0 heterocycles. The van der Waals surface area contributed by atoms with Gasteiger partial charge in [-0.15, -0.1) is 11.8 Å². The number of aryl methyl sites for hydroxylation is 1. The number of carbonyl (C=O) groups excluding carboxylic acids is 1. The first-order valence-electron chi connectivity index (χ1n) is 15.3. The summed E-state index contributed by atoms with van der Waals surface area (Å²) in [7, 11) is 0. The Morgan fingerprint density at radius 1 is 0.649 bits per heavy atom. The Hall–Kier alpha value is -1.80. The van der Waals surface area contributed by atoms with Crippen LogP contribution in [0.5, 0.6) is 0 Å². The highest BCUT2D eigenvalue weighted by atomic mass is 32.2. The van der Waals surface area contributed by atoms with E-state index in [9.17, 15) is 4.79 Å². The van der Waals surface area contributed by atoms with Gasteiger partial charge in [0.2, 0.25) is 0 Å². The Labute approximate surface area is 232 Å². The smallest absolute Gasteiger partial charge is 0.186 e. The van der Waals surface area contributed by atoms with Crippen molar-refractivity contribution in [3.05, 3.63) is 71.3 Å². The number of thioether (sulfide) groups is 1. The summed E-state index contributed by atoms with van der Waals surface area (Å²) in [4.78, 5) is 14.1. The monoisotopic (exact) mass is 520 g/mol. The van der Waals surface area contributed by atoms with Crippen molar-refractivity contribution in [2.75, 3.05) is 5.75 Å². The predicted octanol–water partition coefficient (Wildman–Crippen LogP) is 11.5. The molecule has 0 atom stereocenters. The highest BCUT2D eigenvalue weighted by molar-refractivity contribution is 7.99. The van der Waals surface area contributed by atoms with Gasteiger partial charge < -0.3 is 0 Å². The fourth-order valence-electron chi connectivity index (χ4n) is 4.79. The van der Waals surface area contributed by atoms with E-state index in [2.05, 4.69) is 44.2 Å². The van der Waals surface area contributed by atoms with Crippen LogP contribution in [0, 0.1) is 0 Å². The number of rotatable bonds is 22. The molecule has 37 heavy (non-hydrogen) atoms. The van der Waals surface area contributed by atoms with E-state index in [1.165, 1.54) is 113 Å². The normalized spacial score (nSPS) is 11.4. The van der Waals surface area contributed by atoms with Gasteiger partial charge in [-0.25, -0.2) is 0 Å². The van der Waals surface area contributed by atoms with Gasteiger partial charge in [0.1, 0.15) is 0 Å². The maximum atomic E-state index is 12.8. The van der Waals surface area contributed by atoms with Crippen molar-refractivity contribution < 1.29 is 4.79 Å². The van der Waals surface area contributed by atoms with Crippen molar-refractivity contribution in [3.8, 4) is 0 Å². The molecule has 0 radical (unpaired) electrons. The Balaban J connectivity index is 1.57. The van der Waals surface area contributed by atoms with Crippen LogP contribution in [0.25, 0.3) is 6.08 Å². The van der Waals surface area contributed by atoms with Crippen molar-refractivity contribution in [3.63, 3.8) is 0 Å². The topological polar surface area (TPSA) is 17.1 Å². The second-order valence-corrected chi connectivity index (χ2v) is 11.6. The maximum Gasteiger partial charge on any atom is 0.186 e. The largest absolute Gasteiger partial charge is 0.289 e. The quantitative estimate of drug-likeness (QED) is 0.0664. The van der Waals surface area contributed by atoms with E-state index in [4.69, 9.17) is 0 Å². The Kier molecular flexibility index (Phi) is 18.0. The molecular formula is C35H52OS. The summed E-state index contributed by atoms with van der Waals surface area (Å²) < 4.78 is 0. The van der Waals surface area contributed by atoms with Crippen LogP contribution < -0.4 is 0 Å². The third kappa shape index (κ3) is 14.6. The number of allylic oxidation sites excluding steroid dienone is 1. The van der Waals surface area contributed by atoms with E-state index in [1.54, 1.807) is 6.08 Å². The van der Waals surface area contributed by atoms with E-state index in [0.29, 0.717) is 0 Å². The SMILES string of the molecule is CCCCCCCCCCCCCCCSc1ccc(C=CC(=O)c2ccccc2CCCCC)cc1. The van der Waals surface area contributed by atoms with Gasteiger partial charge in [-0.05, 0) is 54.4 Å². The summed E-state index contributed by atoms with van der Waals surface area (Å²) in [5, 5.41) is 0. The first-order chi connectivity index (χ1) is 18.2. The predicted molar refractivity (Wildman–Crippen MR) is 166 cm³/mol. The molecule has 1 nitrogen and oxygen atoms in total. The van der Waals surface area contributed by atoms with Crippen LogP contribution in [-0.2, 0) is 6.42 Å². The summed E-state index contributed by atoms with van der Waals surface area (Å²) in [6.07, 6.45) is 26.5. The second-order valence-electron chi connectivity index (χ2n) is 10.5. The number of benzene rings is 2. The number of unbranched alkanes of at least 4 members (excludes halogenated alkanes) is 14. The lowest BCUT2D eigenvalue weighted by Crippen LogP contribution is -2.01. The molecule has 0 saturated carbocycles. The van der Waals surface area contributed by atoms with Gasteiger partial charge in [0.25, 0.3) is 0 Å². The van der Waals surface area contributed by atoms with E-state index in [1.807, 2.05) is 36.0 Å². The van der Waals surface area contributed by atoms with Crippen LogP contribution in [0.3, 0.4) is 0 Å². The minimum absolute atomic E-state index is 0.105. The van der Waals surface area contributed by atoms with Crippen molar-refractivity contribution in [2.45, 2.75) is 128 Å². The molecule has 2 heteroatoms. The molecule has 0 spiro atoms. The third-order valence-corrected chi connectivity index (χ3v) is 8.25. The molecule has 0 amide bonds. The summed E-state index contributed by atoms with van der Waals surface area (Å²) in [5.74, 6) is 1.30. The lowest BCUT2D eigenvalue weighted by atomic mass is 9.98. The van der Waals surface area contributed by atoms with Crippen molar-refractivity contribution in [2.24, 2.45) is 0 Å². The van der Waals surface area contributed by atoms with Gasteiger partial charge in [-0.3, -0.25) is 4.79 Å². The van der Waals surface area contributed by atoms with Gasteiger partial charge in [-0.2, -0.15) is 0 Å². The van der Waals surface area contributed by atoms with Crippen LogP contribution in [0.2, 0.25) is 0 Å².